The molecule has 7 rings (SSSR count). The van der Waals surface area contributed by atoms with E-state index in [1.807, 2.05) is 20.8 Å². The monoisotopic (exact) mass is 1180 g/mol. The Labute approximate surface area is 466 Å². The molecule has 2 aliphatic heterocycles. The van der Waals surface area contributed by atoms with Gasteiger partial charge in [-0.15, -0.1) is 9.46 Å². The summed E-state index contributed by atoms with van der Waals surface area (Å²) in [5.41, 5.74) is 1.51. The number of allylic oxidation sites excluding steroid dienone is 6. The van der Waals surface area contributed by atoms with E-state index in [0.717, 1.165) is 29.3 Å². The topological polar surface area (TPSA) is 356 Å². The number of benzene rings is 2. The lowest BCUT2D eigenvalue weighted by molar-refractivity contribution is -0.684. The van der Waals surface area contributed by atoms with Crippen molar-refractivity contribution in [2.75, 3.05) is 36.6 Å². The maximum atomic E-state index is 13.9. The Morgan fingerprint density at radius 2 is 1.32 bits per heavy atom. The van der Waals surface area contributed by atoms with Crippen LogP contribution in [-0.4, -0.2) is 129 Å². The van der Waals surface area contributed by atoms with E-state index in [2.05, 4.69) is 0 Å². The smallest absolute Gasteiger partial charge is 0.363 e. The van der Waals surface area contributed by atoms with Crippen molar-refractivity contribution in [2.24, 2.45) is 4.99 Å². The van der Waals surface area contributed by atoms with Crippen molar-refractivity contribution in [3.05, 3.63) is 143 Å². The lowest BCUT2D eigenvalue weighted by Gasteiger charge is -2.30. The van der Waals surface area contributed by atoms with Crippen LogP contribution in [-0.2, 0) is 63.8 Å². The lowest BCUT2D eigenvalue weighted by Crippen LogP contribution is -2.39. The summed E-state index contributed by atoms with van der Waals surface area (Å²) in [6.45, 7) is 5.75. The highest BCUT2D eigenvalue weighted by atomic mass is 32.2. The molecule has 25 nitrogen and oxygen atoms in total. The maximum Gasteiger partial charge on any atom is 0.363 e. The first-order valence-corrected chi connectivity index (χ1v) is 29.8. The molecular formula is C53H61N6O19S3+. The van der Waals surface area contributed by atoms with Crippen molar-refractivity contribution in [3.8, 4) is 23.5 Å². The van der Waals surface area contributed by atoms with E-state index >= 15 is 0 Å². The average Bonchev–Trinajstić information content (AvgIpc) is 4.02. The van der Waals surface area contributed by atoms with Crippen LogP contribution in [0.3, 0.4) is 0 Å². The number of fused-ring (bicyclic) bond motifs is 2. The van der Waals surface area contributed by atoms with Crippen molar-refractivity contribution < 1.29 is 92.8 Å². The van der Waals surface area contributed by atoms with Crippen LogP contribution in [0, 0.1) is 0 Å². The minimum Gasteiger partial charge on any atom is -0.492 e. The predicted octanol–water partition coefficient (Wildman–Crippen LogP) is 5.07. The van der Waals surface area contributed by atoms with Gasteiger partial charge in [0, 0.05) is 67.5 Å². The average molecular weight is 1180 g/mol. The summed E-state index contributed by atoms with van der Waals surface area (Å²) in [7, 11) is -12.0. The van der Waals surface area contributed by atoms with Crippen molar-refractivity contribution in [1.29, 1.82) is 0 Å². The molecule has 28 heteroatoms. The summed E-state index contributed by atoms with van der Waals surface area (Å²) in [5.74, 6) is -4.80. The Morgan fingerprint density at radius 3 is 1.94 bits per heavy atom. The third-order valence-electron chi connectivity index (χ3n) is 13.5. The molecule has 1 unspecified atom stereocenters. The second-order valence-corrected chi connectivity index (χ2v) is 24.4. The molecule has 1 amide bonds. The van der Waals surface area contributed by atoms with Gasteiger partial charge in [-0.05, 0) is 111 Å². The van der Waals surface area contributed by atoms with Gasteiger partial charge in [0.1, 0.15) is 6.20 Å². The fraction of sp³-hybridized carbons (Fsp3) is 0.340. The number of hydroxylamine groups is 2. The summed E-state index contributed by atoms with van der Waals surface area (Å²) in [5, 5.41) is 40.4. The molecule has 5 heterocycles. The number of hydrogen-bond donors (Lipinski definition) is 7. The fourth-order valence-corrected chi connectivity index (χ4v) is 10.9. The number of pyridine rings is 1. The fourth-order valence-electron chi connectivity index (χ4n) is 9.38. The number of amides is 1. The predicted molar refractivity (Wildman–Crippen MR) is 291 cm³/mol. The molecule has 0 radical (unpaired) electrons. The minimum absolute atomic E-state index is 0.0230. The third-order valence-corrected chi connectivity index (χ3v) is 16.0. The number of aromatic nitrogens is 3. The molecule has 0 bridgehead atoms. The standard InChI is InChI=1S/C53H60N6O19S3/c1-52(2)40-31-37(50(65)55(4)76-28-10-6-9-15-48(64)77-58-44(60)22-23-45(58)61)34-56(26-11-29-79(67,68)69)49(40)54-42(52)13-7-5-8-14-43-53(3,33-35-16-18-36(19-17-35)51(66)78-59-46(62)24-25-47(59)63)39-32-38(81(73,74)75)20-21-41(39)57(43)27-12-30-80(70,71)72/h5,7-8,13-14,16-25,31-32,34H,6,9-12,15,26-30,33H2,1-4H3,(H6-,60,61,62,63,67,68,69,70,71,72,73,74,75)/p+1. The van der Waals surface area contributed by atoms with Crippen LogP contribution in [0.15, 0.2) is 125 Å². The quantitative estimate of drug-likeness (QED) is 0.0132. The number of nitrogens with zero attached hydrogens (tertiary/aromatic N) is 6. The van der Waals surface area contributed by atoms with Crippen LogP contribution in [0.5, 0.6) is 23.5 Å². The van der Waals surface area contributed by atoms with Gasteiger partial charge in [-0.25, -0.2) is 19.2 Å². The number of anilines is 1. The molecule has 2 aromatic carbocycles. The Hall–Kier alpha value is -7.86. The highest BCUT2D eigenvalue weighted by molar-refractivity contribution is 7.86. The Bertz CT molecular complexity index is 3660. The molecule has 0 spiro atoms. The Kier molecular flexibility index (Phi) is 18.4. The van der Waals surface area contributed by atoms with Crippen molar-refractivity contribution >= 4 is 65.4 Å². The van der Waals surface area contributed by atoms with Crippen LogP contribution in [0.4, 0.5) is 11.5 Å². The van der Waals surface area contributed by atoms with Crippen LogP contribution in [0.1, 0.15) is 96.7 Å². The van der Waals surface area contributed by atoms with Crippen LogP contribution >= 0.6 is 0 Å². The highest BCUT2D eigenvalue weighted by Gasteiger charge is 2.45. The molecule has 3 aromatic heterocycles. The number of unbranched alkanes of at least 4 members (excludes halogenated alkanes) is 2. The zero-order valence-corrected chi connectivity index (χ0v) is 46.8. The van der Waals surface area contributed by atoms with Crippen molar-refractivity contribution in [3.63, 3.8) is 0 Å². The number of aliphatic imine (C=N–C) groups is 1. The molecule has 0 aliphatic carbocycles. The van der Waals surface area contributed by atoms with Gasteiger partial charge in [0.05, 0.1) is 51.7 Å². The van der Waals surface area contributed by atoms with Gasteiger partial charge in [0.15, 0.2) is 5.71 Å². The largest absolute Gasteiger partial charge is 0.492 e. The van der Waals surface area contributed by atoms with E-state index in [1.165, 1.54) is 43.6 Å². The number of carbonyl (C=O) groups is 3. The summed E-state index contributed by atoms with van der Waals surface area (Å²) in [4.78, 5) is 61.1. The summed E-state index contributed by atoms with van der Waals surface area (Å²) >= 11 is 0. The van der Waals surface area contributed by atoms with E-state index in [1.54, 1.807) is 58.0 Å². The molecule has 434 valence electrons. The van der Waals surface area contributed by atoms with E-state index in [0.29, 0.717) is 68.3 Å². The first kappa shape index (κ1) is 60.8. The van der Waals surface area contributed by atoms with E-state index in [4.69, 9.17) is 19.5 Å². The number of aromatic hydroxyl groups is 4. The van der Waals surface area contributed by atoms with Gasteiger partial charge in [-0.1, -0.05) is 36.8 Å². The van der Waals surface area contributed by atoms with Gasteiger partial charge in [-0.3, -0.25) is 23.3 Å². The molecule has 81 heavy (non-hydrogen) atoms. The molecule has 2 aliphatic rings. The zero-order chi connectivity index (χ0) is 59.2. The first-order valence-electron chi connectivity index (χ1n) is 25.1. The number of hydrogen-bond acceptors (Lipinski definition) is 18. The highest BCUT2D eigenvalue weighted by Crippen LogP contribution is 2.51. The molecule has 0 saturated carbocycles. The minimum atomic E-state index is -4.72. The van der Waals surface area contributed by atoms with E-state index < -0.39 is 99.0 Å². The van der Waals surface area contributed by atoms with Crippen molar-refractivity contribution in [2.45, 2.75) is 88.0 Å². The lowest BCUT2D eigenvalue weighted by atomic mass is 9.76. The summed E-state index contributed by atoms with van der Waals surface area (Å²) < 4.78 is 104. The first-order chi connectivity index (χ1) is 38.0. The summed E-state index contributed by atoms with van der Waals surface area (Å²) in [6.07, 6.45) is 11.4. The molecular weight excluding hydrogens is 1120 g/mol. The molecule has 0 fully saturated rings. The second-order valence-electron chi connectivity index (χ2n) is 19.8. The third kappa shape index (κ3) is 14.7. The van der Waals surface area contributed by atoms with Gasteiger partial charge in [0.25, 0.3) is 36.3 Å². The second kappa shape index (κ2) is 24.5. The molecule has 0 saturated heterocycles. The Morgan fingerprint density at radius 1 is 0.704 bits per heavy atom. The normalized spacial score (nSPS) is 16.5. The van der Waals surface area contributed by atoms with Crippen LogP contribution in [0.2, 0.25) is 0 Å². The van der Waals surface area contributed by atoms with Gasteiger partial charge >= 0.3 is 17.8 Å². The summed E-state index contributed by atoms with van der Waals surface area (Å²) in [6, 6.07) is 16.4. The molecule has 7 N–H and O–H groups in total. The van der Waals surface area contributed by atoms with Gasteiger partial charge < -0.3 is 35.0 Å². The maximum absolute atomic E-state index is 13.9. The zero-order valence-electron chi connectivity index (χ0n) is 44.3. The number of aryl methyl sites for hydroxylation is 1. The Balaban J connectivity index is 1.12. The number of carbonyl (C=O) groups excluding carboxylic acids is 3. The molecule has 1 atom stereocenters. The van der Waals surface area contributed by atoms with Gasteiger partial charge in [-0.2, -0.15) is 25.3 Å². The van der Waals surface area contributed by atoms with Crippen LogP contribution < -0.4 is 19.1 Å². The van der Waals surface area contributed by atoms with Gasteiger partial charge in [0.2, 0.25) is 23.5 Å². The van der Waals surface area contributed by atoms with E-state index in [-0.39, 0.29) is 56.5 Å². The SMILES string of the molecule is CN(OCCCCCC(=O)On1c(O)ccc1O)C(=O)c1cc2c([n+](CCCS(=O)(=O)O)c1)N=C(C=CC=CC=C1N(CCCS(=O)(=O)O)c3ccc(S(=O)(=O)O)cc3C1(C)Cc1ccc(C(=O)On3c(O)ccc3O)cc1)C2(C)C. The number of rotatable bonds is 25. The van der Waals surface area contributed by atoms with E-state index in [9.17, 15) is 73.7 Å². The van der Waals surface area contributed by atoms with Crippen molar-refractivity contribution in [1.82, 2.24) is 14.5 Å². The van der Waals surface area contributed by atoms with Crippen LogP contribution in [0.25, 0.3) is 0 Å². The molecule has 5 aromatic rings.